The van der Waals surface area contributed by atoms with Gasteiger partial charge in [-0.2, -0.15) is 0 Å². The highest BCUT2D eigenvalue weighted by atomic mass is 19.1. The number of hydrogen-bond donors (Lipinski definition) is 2. The van der Waals surface area contributed by atoms with Gasteiger partial charge >= 0.3 is 5.97 Å². The normalized spacial score (nSPS) is 21.0. The minimum Gasteiger partial charge on any atom is -0.478 e. The zero-order valence-electron chi connectivity index (χ0n) is 16.2. The summed E-state index contributed by atoms with van der Waals surface area (Å²) in [7, 11) is 0. The number of hydrogen-bond acceptors (Lipinski definition) is 4. The Morgan fingerprint density at radius 3 is 2.68 bits per heavy atom. The summed E-state index contributed by atoms with van der Waals surface area (Å²) < 4.78 is 19.9. The van der Waals surface area contributed by atoms with E-state index >= 15 is 0 Å². The molecule has 0 amide bonds. The first kappa shape index (κ1) is 18.7. The van der Waals surface area contributed by atoms with Crippen LogP contribution in [0.4, 0.5) is 15.8 Å². The highest BCUT2D eigenvalue weighted by Crippen LogP contribution is 2.45. The van der Waals surface area contributed by atoms with E-state index in [1.807, 2.05) is 23.1 Å². The molecule has 4 rings (SSSR count). The van der Waals surface area contributed by atoms with Crippen LogP contribution in [-0.4, -0.2) is 37.4 Å². The summed E-state index contributed by atoms with van der Waals surface area (Å²) in [6.07, 6.45) is 0.741. The Morgan fingerprint density at radius 2 is 1.96 bits per heavy atom. The van der Waals surface area contributed by atoms with Crippen molar-refractivity contribution in [2.75, 3.05) is 36.5 Å². The van der Waals surface area contributed by atoms with Gasteiger partial charge in [0.2, 0.25) is 0 Å². The lowest BCUT2D eigenvalue weighted by molar-refractivity contribution is 0.0696. The third-order valence-corrected chi connectivity index (χ3v) is 5.73. The van der Waals surface area contributed by atoms with E-state index in [1.165, 1.54) is 0 Å². The molecule has 1 atom stereocenters. The highest BCUT2D eigenvalue weighted by Gasteiger charge is 2.36. The molecule has 0 spiro atoms. The molecule has 2 aromatic carbocycles. The van der Waals surface area contributed by atoms with E-state index in [4.69, 9.17) is 4.74 Å². The molecular weight excluding hydrogens is 359 g/mol. The number of fused-ring (bicyclic) bond motifs is 1. The highest BCUT2D eigenvalue weighted by molar-refractivity contribution is 5.88. The lowest BCUT2D eigenvalue weighted by Gasteiger charge is -2.42. The van der Waals surface area contributed by atoms with Gasteiger partial charge < -0.3 is 20.1 Å². The van der Waals surface area contributed by atoms with Crippen molar-refractivity contribution < 1.29 is 19.0 Å². The minimum absolute atomic E-state index is 0.00364. The summed E-state index contributed by atoms with van der Waals surface area (Å²) >= 11 is 0. The summed E-state index contributed by atoms with van der Waals surface area (Å²) in [6.45, 7) is 6.88. The maximum absolute atomic E-state index is 14.5. The number of nitrogens with one attached hydrogen (secondary N) is 1. The van der Waals surface area contributed by atoms with Gasteiger partial charge in [-0.05, 0) is 53.3 Å². The van der Waals surface area contributed by atoms with Gasteiger partial charge in [0.1, 0.15) is 5.82 Å². The zero-order valence-corrected chi connectivity index (χ0v) is 16.2. The number of rotatable bonds is 3. The molecule has 28 heavy (non-hydrogen) atoms. The molecule has 6 heteroatoms. The molecule has 148 valence electrons. The molecule has 2 heterocycles. The Kier molecular flexibility index (Phi) is 4.75. The molecule has 2 N–H and O–H groups in total. The van der Waals surface area contributed by atoms with Gasteiger partial charge in [0, 0.05) is 18.8 Å². The second kappa shape index (κ2) is 7.09. The standard InChI is InChI=1S/C22H25FN2O3/c1-22(2)13-16-11-15(21(26)27)4-6-18(16)24-20(22)14-3-5-17(23)19(12-14)25-7-9-28-10-8-25/h3-6,11-12,20,24H,7-10,13H2,1-2H3,(H,26,27). The largest absolute Gasteiger partial charge is 0.478 e. The number of ether oxygens (including phenoxy) is 1. The van der Waals surface area contributed by atoms with Crippen LogP contribution < -0.4 is 10.2 Å². The Bertz CT molecular complexity index is 907. The number of carboxylic acid groups (broad SMARTS) is 1. The number of carboxylic acids is 1. The third-order valence-electron chi connectivity index (χ3n) is 5.73. The first-order valence-corrected chi connectivity index (χ1v) is 9.60. The monoisotopic (exact) mass is 384 g/mol. The molecule has 2 aromatic rings. The average Bonchev–Trinajstić information content (AvgIpc) is 2.67. The van der Waals surface area contributed by atoms with Gasteiger partial charge in [-0.3, -0.25) is 0 Å². The topological polar surface area (TPSA) is 61.8 Å². The van der Waals surface area contributed by atoms with E-state index in [-0.39, 0.29) is 17.3 Å². The molecule has 0 aromatic heterocycles. The number of anilines is 2. The summed E-state index contributed by atoms with van der Waals surface area (Å²) in [6, 6.07) is 10.5. The minimum atomic E-state index is -0.920. The summed E-state index contributed by atoms with van der Waals surface area (Å²) in [5.41, 5.74) is 3.71. The average molecular weight is 384 g/mol. The van der Waals surface area contributed by atoms with Gasteiger partial charge in [-0.15, -0.1) is 0 Å². The Hall–Kier alpha value is -2.60. The van der Waals surface area contributed by atoms with Crippen LogP contribution in [0.1, 0.15) is 41.4 Å². The van der Waals surface area contributed by atoms with Crippen molar-refractivity contribution in [3.05, 3.63) is 58.9 Å². The predicted molar refractivity (Wildman–Crippen MR) is 107 cm³/mol. The van der Waals surface area contributed by atoms with Gasteiger partial charge in [-0.25, -0.2) is 9.18 Å². The van der Waals surface area contributed by atoms with Gasteiger partial charge in [0.15, 0.2) is 0 Å². The van der Waals surface area contributed by atoms with E-state index in [9.17, 15) is 14.3 Å². The van der Waals surface area contributed by atoms with Crippen LogP contribution in [-0.2, 0) is 11.2 Å². The van der Waals surface area contributed by atoms with Crippen LogP contribution in [0.3, 0.4) is 0 Å². The number of halogens is 1. The van der Waals surface area contributed by atoms with Crippen LogP contribution in [0.2, 0.25) is 0 Å². The van der Waals surface area contributed by atoms with Crippen LogP contribution in [0.5, 0.6) is 0 Å². The Morgan fingerprint density at radius 1 is 1.21 bits per heavy atom. The SMILES string of the molecule is CC1(C)Cc2cc(C(=O)O)ccc2NC1c1ccc(F)c(N2CCOCC2)c1. The lowest BCUT2D eigenvalue weighted by Crippen LogP contribution is -2.37. The van der Waals surface area contributed by atoms with Crippen LogP contribution in [0, 0.1) is 11.2 Å². The van der Waals surface area contributed by atoms with Crippen molar-refractivity contribution >= 4 is 17.3 Å². The third kappa shape index (κ3) is 3.44. The lowest BCUT2D eigenvalue weighted by atomic mass is 9.72. The number of benzene rings is 2. The van der Waals surface area contributed by atoms with Gasteiger partial charge in [0.25, 0.3) is 0 Å². The number of aromatic carboxylic acids is 1. The number of nitrogens with zero attached hydrogens (tertiary/aromatic N) is 1. The second-order valence-corrected chi connectivity index (χ2v) is 8.23. The maximum Gasteiger partial charge on any atom is 0.335 e. The zero-order chi connectivity index (χ0) is 19.9. The van der Waals surface area contributed by atoms with Crippen LogP contribution in [0.25, 0.3) is 0 Å². The first-order chi connectivity index (χ1) is 13.3. The fourth-order valence-electron chi connectivity index (χ4n) is 4.25. The second-order valence-electron chi connectivity index (χ2n) is 8.23. The summed E-state index contributed by atoms with van der Waals surface area (Å²) in [5.74, 6) is -1.14. The van der Waals surface area contributed by atoms with Crippen molar-refractivity contribution in [1.29, 1.82) is 0 Å². The number of morpholine rings is 1. The Balaban J connectivity index is 1.68. The molecule has 2 aliphatic rings. The molecular formula is C22H25FN2O3. The van der Waals surface area contributed by atoms with Crippen molar-refractivity contribution in [2.24, 2.45) is 5.41 Å². The van der Waals surface area contributed by atoms with Crippen molar-refractivity contribution in [3.63, 3.8) is 0 Å². The maximum atomic E-state index is 14.5. The van der Waals surface area contributed by atoms with Crippen LogP contribution in [0.15, 0.2) is 36.4 Å². The van der Waals surface area contributed by atoms with Gasteiger partial charge in [0.05, 0.1) is 30.5 Å². The van der Waals surface area contributed by atoms with E-state index in [1.54, 1.807) is 18.2 Å². The number of carbonyl (C=O) groups is 1. The predicted octanol–water partition coefficient (Wildman–Crippen LogP) is 4.10. The quantitative estimate of drug-likeness (QED) is 0.834. The van der Waals surface area contributed by atoms with E-state index in [0.29, 0.717) is 37.6 Å². The first-order valence-electron chi connectivity index (χ1n) is 9.60. The molecule has 1 unspecified atom stereocenters. The fourth-order valence-corrected chi connectivity index (χ4v) is 4.25. The molecule has 5 nitrogen and oxygen atoms in total. The van der Waals surface area contributed by atoms with Crippen molar-refractivity contribution in [3.8, 4) is 0 Å². The van der Waals surface area contributed by atoms with E-state index in [2.05, 4.69) is 19.2 Å². The van der Waals surface area contributed by atoms with E-state index < -0.39 is 5.97 Å². The van der Waals surface area contributed by atoms with Crippen LogP contribution >= 0.6 is 0 Å². The van der Waals surface area contributed by atoms with Crippen molar-refractivity contribution in [2.45, 2.75) is 26.3 Å². The Labute approximate surface area is 164 Å². The molecule has 2 aliphatic heterocycles. The molecule has 0 bridgehead atoms. The summed E-state index contributed by atoms with van der Waals surface area (Å²) in [4.78, 5) is 13.3. The molecule has 1 saturated heterocycles. The molecule has 0 saturated carbocycles. The summed E-state index contributed by atoms with van der Waals surface area (Å²) in [5, 5.41) is 12.8. The molecule has 0 radical (unpaired) electrons. The molecule has 0 aliphatic carbocycles. The van der Waals surface area contributed by atoms with E-state index in [0.717, 1.165) is 23.2 Å². The van der Waals surface area contributed by atoms with Gasteiger partial charge in [-0.1, -0.05) is 19.9 Å². The fraction of sp³-hybridized carbons (Fsp3) is 0.409. The smallest absolute Gasteiger partial charge is 0.335 e. The van der Waals surface area contributed by atoms with Crippen molar-refractivity contribution in [1.82, 2.24) is 0 Å². The molecule has 1 fully saturated rings.